The molecule has 0 saturated carbocycles. The molecular formula is C10H7ClN2O. The van der Waals surface area contributed by atoms with Gasteiger partial charge in [0.15, 0.2) is 5.17 Å². The maximum absolute atomic E-state index is 8.48. The highest BCUT2D eigenvalue weighted by Crippen LogP contribution is 2.12. The molecule has 70 valence electrons. The van der Waals surface area contributed by atoms with Gasteiger partial charge in [-0.1, -0.05) is 41.0 Å². The molecule has 1 N–H and O–H groups in total. The number of fused-ring (bicyclic) bond motifs is 1. The minimum Gasteiger partial charge on any atom is -0.410 e. The molecule has 0 aliphatic carbocycles. The summed E-state index contributed by atoms with van der Waals surface area (Å²) in [6.07, 6.45) is 0. The van der Waals surface area contributed by atoms with Gasteiger partial charge in [-0.05, 0) is 12.1 Å². The standard InChI is InChI=1S/C10H7ClN2O/c11-10(13-14)9-6-5-7-3-1-2-4-8(7)12-9/h1-6,14H/b13-10+. The number of para-hydroxylation sites is 1. The predicted octanol–water partition coefficient (Wildman–Crippen LogP) is 2.61. The summed E-state index contributed by atoms with van der Waals surface area (Å²) < 4.78 is 0. The van der Waals surface area contributed by atoms with Crippen LogP contribution in [0.2, 0.25) is 0 Å². The molecule has 2 rings (SSSR count). The molecule has 4 heteroatoms. The minimum atomic E-state index is -0.00393. The van der Waals surface area contributed by atoms with E-state index in [0.717, 1.165) is 10.9 Å². The number of benzene rings is 1. The maximum atomic E-state index is 8.48. The first-order valence-electron chi connectivity index (χ1n) is 4.05. The molecule has 0 spiro atoms. The number of nitrogens with zero attached hydrogens (tertiary/aromatic N) is 2. The molecule has 14 heavy (non-hydrogen) atoms. The van der Waals surface area contributed by atoms with Crippen molar-refractivity contribution in [3.63, 3.8) is 0 Å². The summed E-state index contributed by atoms with van der Waals surface area (Å²) in [4.78, 5) is 4.22. The van der Waals surface area contributed by atoms with E-state index in [4.69, 9.17) is 16.8 Å². The molecule has 0 aliphatic rings. The Bertz CT molecular complexity index is 496. The molecule has 1 aromatic carbocycles. The Labute approximate surface area is 85.6 Å². The molecular weight excluding hydrogens is 200 g/mol. The molecule has 0 amide bonds. The largest absolute Gasteiger partial charge is 0.410 e. The van der Waals surface area contributed by atoms with Gasteiger partial charge in [-0.2, -0.15) is 0 Å². The second-order valence-electron chi connectivity index (χ2n) is 2.78. The van der Waals surface area contributed by atoms with Gasteiger partial charge in [0.25, 0.3) is 0 Å². The summed E-state index contributed by atoms with van der Waals surface area (Å²) in [6, 6.07) is 11.3. The van der Waals surface area contributed by atoms with E-state index in [2.05, 4.69) is 10.1 Å². The smallest absolute Gasteiger partial charge is 0.193 e. The second-order valence-corrected chi connectivity index (χ2v) is 3.14. The molecule has 1 heterocycles. The van der Waals surface area contributed by atoms with Crippen molar-refractivity contribution < 1.29 is 5.21 Å². The molecule has 0 atom stereocenters. The summed E-state index contributed by atoms with van der Waals surface area (Å²) >= 11 is 5.63. The van der Waals surface area contributed by atoms with Crippen LogP contribution in [0.3, 0.4) is 0 Å². The molecule has 3 nitrogen and oxygen atoms in total. The van der Waals surface area contributed by atoms with Crippen molar-refractivity contribution >= 4 is 27.7 Å². The minimum absolute atomic E-state index is 0.00393. The zero-order valence-corrected chi connectivity index (χ0v) is 7.94. The Hall–Kier alpha value is -1.61. The highest BCUT2D eigenvalue weighted by molar-refractivity contribution is 6.69. The van der Waals surface area contributed by atoms with Gasteiger partial charge in [0.05, 0.1) is 5.52 Å². The Morgan fingerprint density at radius 1 is 1.21 bits per heavy atom. The molecule has 1 aromatic heterocycles. The lowest BCUT2D eigenvalue weighted by atomic mass is 10.2. The Morgan fingerprint density at radius 3 is 2.79 bits per heavy atom. The monoisotopic (exact) mass is 206 g/mol. The number of hydrogen-bond donors (Lipinski definition) is 1. The van der Waals surface area contributed by atoms with E-state index in [1.54, 1.807) is 6.07 Å². The van der Waals surface area contributed by atoms with Gasteiger partial charge in [-0.3, -0.25) is 0 Å². The fourth-order valence-corrected chi connectivity index (χ4v) is 1.34. The van der Waals surface area contributed by atoms with Crippen LogP contribution in [0.4, 0.5) is 0 Å². The van der Waals surface area contributed by atoms with Gasteiger partial charge in [0.1, 0.15) is 5.69 Å². The molecule has 0 saturated heterocycles. The van der Waals surface area contributed by atoms with Crippen molar-refractivity contribution in [1.82, 2.24) is 4.98 Å². The van der Waals surface area contributed by atoms with E-state index < -0.39 is 0 Å². The number of hydrogen-bond acceptors (Lipinski definition) is 3. The molecule has 2 aromatic rings. The van der Waals surface area contributed by atoms with Crippen molar-refractivity contribution in [2.75, 3.05) is 0 Å². The summed E-state index contributed by atoms with van der Waals surface area (Å²) in [5.41, 5.74) is 1.29. The molecule has 0 aliphatic heterocycles. The van der Waals surface area contributed by atoms with Crippen LogP contribution in [-0.2, 0) is 0 Å². The molecule has 0 unspecified atom stereocenters. The second kappa shape index (κ2) is 3.64. The lowest BCUT2D eigenvalue weighted by molar-refractivity contribution is 0.320. The number of pyridine rings is 1. The van der Waals surface area contributed by atoms with Gasteiger partial charge in [0, 0.05) is 5.39 Å². The van der Waals surface area contributed by atoms with E-state index >= 15 is 0 Å². The topological polar surface area (TPSA) is 45.5 Å². The zero-order chi connectivity index (χ0) is 9.97. The molecule has 0 fully saturated rings. The number of oxime groups is 1. The summed E-state index contributed by atoms with van der Waals surface area (Å²) in [5, 5.41) is 12.4. The van der Waals surface area contributed by atoms with Crippen molar-refractivity contribution in [3.05, 3.63) is 42.1 Å². The van der Waals surface area contributed by atoms with Gasteiger partial charge >= 0.3 is 0 Å². The maximum Gasteiger partial charge on any atom is 0.193 e. The molecule has 0 radical (unpaired) electrons. The Balaban J connectivity index is 2.62. The first-order valence-corrected chi connectivity index (χ1v) is 4.43. The predicted molar refractivity (Wildman–Crippen MR) is 55.9 cm³/mol. The summed E-state index contributed by atoms with van der Waals surface area (Å²) in [5.74, 6) is 0. The first kappa shape index (κ1) is 8.97. The van der Waals surface area contributed by atoms with Gasteiger partial charge < -0.3 is 5.21 Å². The highest BCUT2D eigenvalue weighted by Gasteiger charge is 2.02. The number of rotatable bonds is 1. The van der Waals surface area contributed by atoms with Gasteiger partial charge in [-0.25, -0.2) is 4.98 Å². The summed E-state index contributed by atoms with van der Waals surface area (Å²) in [6.45, 7) is 0. The van der Waals surface area contributed by atoms with Crippen molar-refractivity contribution in [2.45, 2.75) is 0 Å². The summed E-state index contributed by atoms with van der Waals surface area (Å²) in [7, 11) is 0. The van der Waals surface area contributed by atoms with Gasteiger partial charge in [-0.15, -0.1) is 0 Å². The van der Waals surface area contributed by atoms with Crippen LogP contribution in [0.5, 0.6) is 0 Å². The quantitative estimate of drug-likeness (QED) is 0.443. The van der Waals surface area contributed by atoms with E-state index in [1.165, 1.54) is 0 Å². The zero-order valence-electron chi connectivity index (χ0n) is 7.18. The van der Waals surface area contributed by atoms with E-state index in [1.807, 2.05) is 30.3 Å². The average Bonchev–Trinajstić information content (AvgIpc) is 2.27. The SMILES string of the molecule is O/N=C(/Cl)c1ccc2ccccc2n1. The average molecular weight is 207 g/mol. The third-order valence-electron chi connectivity index (χ3n) is 1.90. The van der Waals surface area contributed by atoms with Crippen LogP contribution in [0.25, 0.3) is 10.9 Å². The van der Waals surface area contributed by atoms with E-state index in [0.29, 0.717) is 5.69 Å². The van der Waals surface area contributed by atoms with Crippen LogP contribution >= 0.6 is 11.6 Å². The van der Waals surface area contributed by atoms with Crippen LogP contribution in [0, 0.1) is 0 Å². The first-order chi connectivity index (χ1) is 6.81. The van der Waals surface area contributed by atoms with Crippen LogP contribution in [0.1, 0.15) is 5.69 Å². The lowest BCUT2D eigenvalue weighted by Crippen LogP contribution is -1.95. The van der Waals surface area contributed by atoms with Crippen LogP contribution < -0.4 is 0 Å². The van der Waals surface area contributed by atoms with Crippen molar-refractivity contribution in [3.8, 4) is 0 Å². The third-order valence-corrected chi connectivity index (χ3v) is 2.17. The fraction of sp³-hybridized carbons (Fsp3) is 0. The van der Waals surface area contributed by atoms with Gasteiger partial charge in [0.2, 0.25) is 0 Å². The van der Waals surface area contributed by atoms with E-state index in [-0.39, 0.29) is 5.17 Å². The third kappa shape index (κ3) is 1.54. The Kier molecular flexibility index (Phi) is 2.33. The Morgan fingerprint density at radius 2 is 2.00 bits per heavy atom. The number of aromatic nitrogens is 1. The number of halogens is 1. The van der Waals surface area contributed by atoms with Crippen molar-refractivity contribution in [1.29, 1.82) is 0 Å². The van der Waals surface area contributed by atoms with E-state index in [9.17, 15) is 0 Å². The lowest BCUT2D eigenvalue weighted by Gasteiger charge is -1.99. The fourth-order valence-electron chi connectivity index (χ4n) is 1.23. The van der Waals surface area contributed by atoms with Crippen LogP contribution in [-0.4, -0.2) is 15.4 Å². The van der Waals surface area contributed by atoms with Crippen molar-refractivity contribution in [2.24, 2.45) is 5.16 Å². The molecule has 0 bridgehead atoms. The van der Waals surface area contributed by atoms with Crippen LogP contribution in [0.15, 0.2) is 41.6 Å². The normalized spacial score (nSPS) is 11.9. The highest BCUT2D eigenvalue weighted by atomic mass is 35.5.